The van der Waals surface area contributed by atoms with Gasteiger partial charge in [0.05, 0.1) is 25.6 Å². The Kier molecular flexibility index (Phi) is 6.27. The first-order valence-corrected chi connectivity index (χ1v) is 10.3. The summed E-state index contributed by atoms with van der Waals surface area (Å²) in [5, 5.41) is 7.86. The topological polar surface area (TPSA) is 96.5 Å². The Morgan fingerprint density at radius 2 is 2.08 bits per heavy atom. The zero-order valence-corrected chi connectivity index (χ0v) is 15.8. The maximum Gasteiger partial charge on any atom is 0.242 e. The maximum absolute atomic E-state index is 12.2. The lowest BCUT2D eigenvalue weighted by Gasteiger charge is -2.17. The van der Waals surface area contributed by atoms with E-state index in [0.29, 0.717) is 23.7 Å². The molecule has 1 heterocycles. The lowest BCUT2D eigenvalue weighted by molar-refractivity contribution is -0.121. The molecule has 7 nitrogen and oxygen atoms in total. The molecule has 0 unspecified atom stereocenters. The number of rotatable bonds is 8. The van der Waals surface area contributed by atoms with Crippen molar-refractivity contribution in [1.29, 1.82) is 0 Å². The van der Waals surface area contributed by atoms with Gasteiger partial charge in [0.25, 0.3) is 0 Å². The Labute approximate surface area is 151 Å². The third kappa shape index (κ3) is 5.95. The molecule has 0 saturated heterocycles. The lowest BCUT2D eigenvalue weighted by atomic mass is 10.2. The fourth-order valence-electron chi connectivity index (χ4n) is 2.13. The third-order valence-electron chi connectivity index (χ3n) is 3.29. The van der Waals surface area contributed by atoms with Gasteiger partial charge in [-0.15, -0.1) is 11.3 Å². The molecule has 1 aromatic heterocycles. The summed E-state index contributed by atoms with van der Waals surface area (Å²) in [6, 6.07) is 8.33. The van der Waals surface area contributed by atoms with Crippen LogP contribution in [0.2, 0.25) is 0 Å². The van der Waals surface area contributed by atoms with Crippen LogP contribution in [-0.2, 0) is 21.4 Å². The molecule has 1 aromatic carbocycles. The fraction of sp³-hybridized carbons (Fsp3) is 0.312. The van der Waals surface area contributed by atoms with Crippen molar-refractivity contribution >= 4 is 38.6 Å². The molecular weight excluding hydrogens is 362 g/mol. The van der Waals surface area contributed by atoms with E-state index in [-0.39, 0.29) is 5.91 Å². The standard InChI is InChI=1S/C16H21N3O4S2/c1-11(16(20)17-10-13-5-4-8-24-13)18-12-6-7-15(23-2)14(9-12)19-25(3,21)22/h4-9,11,18-19H,10H2,1-3H3,(H,17,20)/t11-/m1/s1. The second-order valence-corrected chi connectivity index (χ2v) is 8.23. The zero-order valence-electron chi connectivity index (χ0n) is 14.2. The molecule has 3 N–H and O–H groups in total. The molecule has 25 heavy (non-hydrogen) atoms. The van der Waals surface area contributed by atoms with Crippen molar-refractivity contribution in [3.8, 4) is 5.75 Å². The maximum atomic E-state index is 12.2. The van der Waals surface area contributed by atoms with Crippen molar-refractivity contribution in [2.24, 2.45) is 0 Å². The second kappa shape index (κ2) is 8.21. The molecular formula is C16H21N3O4S2. The zero-order chi connectivity index (χ0) is 18.4. The number of carbonyl (C=O) groups excluding carboxylic acids is 1. The van der Waals surface area contributed by atoms with Crippen LogP contribution < -0.4 is 20.1 Å². The highest BCUT2D eigenvalue weighted by atomic mass is 32.2. The van der Waals surface area contributed by atoms with Gasteiger partial charge in [-0.25, -0.2) is 8.42 Å². The molecule has 0 fully saturated rings. The SMILES string of the molecule is COc1ccc(N[C@H](C)C(=O)NCc2cccs2)cc1NS(C)(=O)=O. The average molecular weight is 383 g/mol. The number of sulfonamides is 1. The van der Waals surface area contributed by atoms with Crippen LogP contribution in [0.5, 0.6) is 5.75 Å². The predicted octanol–water partition coefficient (Wildman–Crippen LogP) is 2.25. The van der Waals surface area contributed by atoms with E-state index in [0.717, 1.165) is 11.1 Å². The van der Waals surface area contributed by atoms with Crippen molar-refractivity contribution in [1.82, 2.24) is 5.32 Å². The molecule has 0 radical (unpaired) electrons. The Morgan fingerprint density at radius 1 is 1.32 bits per heavy atom. The predicted molar refractivity (Wildman–Crippen MR) is 101 cm³/mol. The van der Waals surface area contributed by atoms with Gasteiger partial charge in [-0.1, -0.05) is 6.07 Å². The van der Waals surface area contributed by atoms with Gasteiger partial charge >= 0.3 is 0 Å². The number of carbonyl (C=O) groups is 1. The largest absolute Gasteiger partial charge is 0.495 e. The number of hydrogen-bond donors (Lipinski definition) is 3. The first-order valence-electron chi connectivity index (χ1n) is 7.51. The molecule has 0 spiro atoms. The highest BCUT2D eigenvalue weighted by Gasteiger charge is 2.14. The van der Waals surface area contributed by atoms with E-state index in [1.165, 1.54) is 7.11 Å². The Balaban J connectivity index is 2.03. The van der Waals surface area contributed by atoms with E-state index in [9.17, 15) is 13.2 Å². The molecule has 0 bridgehead atoms. The van der Waals surface area contributed by atoms with E-state index >= 15 is 0 Å². The first-order chi connectivity index (χ1) is 11.8. The molecule has 0 aliphatic carbocycles. The number of hydrogen-bond acceptors (Lipinski definition) is 6. The van der Waals surface area contributed by atoms with Gasteiger partial charge in [-0.3, -0.25) is 9.52 Å². The molecule has 1 amide bonds. The summed E-state index contributed by atoms with van der Waals surface area (Å²) in [5.41, 5.74) is 0.909. The highest BCUT2D eigenvalue weighted by Crippen LogP contribution is 2.28. The smallest absolute Gasteiger partial charge is 0.242 e. The third-order valence-corrected chi connectivity index (χ3v) is 4.76. The summed E-state index contributed by atoms with van der Waals surface area (Å²) in [6.45, 7) is 2.21. The van der Waals surface area contributed by atoms with Gasteiger partial charge in [-0.05, 0) is 36.6 Å². The number of thiophene rings is 1. The van der Waals surface area contributed by atoms with E-state index in [1.54, 1.807) is 36.5 Å². The van der Waals surface area contributed by atoms with Crippen molar-refractivity contribution in [2.45, 2.75) is 19.5 Å². The van der Waals surface area contributed by atoms with Crippen LogP contribution >= 0.6 is 11.3 Å². The Bertz CT molecular complexity index is 820. The van der Waals surface area contributed by atoms with Crippen LogP contribution in [0.3, 0.4) is 0 Å². The number of amides is 1. The molecule has 0 saturated carbocycles. The first kappa shape index (κ1) is 19.1. The van der Waals surface area contributed by atoms with Crippen LogP contribution in [0.1, 0.15) is 11.8 Å². The lowest BCUT2D eigenvalue weighted by Crippen LogP contribution is -2.37. The number of anilines is 2. The fourth-order valence-corrected chi connectivity index (χ4v) is 3.34. The molecule has 2 rings (SSSR count). The van der Waals surface area contributed by atoms with E-state index in [2.05, 4.69) is 15.4 Å². The number of benzene rings is 1. The van der Waals surface area contributed by atoms with Crippen molar-refractivity contribution < 1.29 is 17.9 Å². The number of methoxy groups -OCH3 is 1. The van der Waals surface area contributed by atoms with Crippen LogP contribution in [0.15, 0.2) is 35.7 Å². The summed E-state index contributed by atoms with van der Waals surface area (Å²) in [7, 11) is -1.99. The van der Waals surface area contributed by atoms with Crippen LogP contribution in [0.4, 0.5) is 11.4 Å². The Hall–Kier alpha value is -2.26. The van der Waals surface area contributed by atoms with Gasteiger partial charge in [0.1, 0.15) is 11.8 Å². The van der Waals surface area contributed by atoms with Gasteiger partial charge in [-0.2, -0.15) is 0 Å². The molecule has 2 aromatic rings. The van der Waals surface area contributed by atoms with Crippen LogP contribution in [0.25, 0.3) is 0 Å². The van der Waals surface area contributed by atoms with Crippen LogP contribution in [-0.4, -0.2) is 33.7 Å². The van der Waals surface area contributed by atoms with Crippen molar-refractivity contribution in [3.05, 3.63) is 40.6 Å². The number of nitrogens with one attached hydrogen (secondary N) is 3. The van der Waals surface area contributed by atoms with Crippen LogP contribution in [0, 0.1) is 0 Å². The van der Waals surface area contributed by atoms with Gasteiger partial charge < -0.3 is 15.4 Å². The summed E-state index contributed by atoms with van der Waals surface area (Å²) in [5.74, 6) is 0.243. The highest BCUT2D eigenvalue weighted by molar-refractivity contribution is 7.92. The summed E-state index contributed by atoms with van der Waals surface area (Å²) in [4.78, 5) is 13.2. The van der Waals surface area contributed by atoms with Gasteiger partial charge in [0.2, 0.25) is 15.9 Å². The van der Waals surface area contributed by atoms with Crippen molar-refractivity contribution in [2.75, 3.05) is 23.4 Å². The number of ether oxygens (including phenoxy) is 1. The summed E-state index contributed by atoms with van der Waals surface area (Å²) < 4.78 is 30.5. The monoisotopic (exact) mass is 383 g/mol. The minimum absolute atomic E-state index is 0.151. The molecule has 0 aliphatic rings. The minimum atomic E-state index is -3.44. The van der Waals surface area contributed by atoms with E-state index < -0.39 is 16.1 Å². The van der Waals surface area contributed by atoms with Gasteiger partial charge in [0.15, 0.2) is 0 Å². The average Bonchev–Trinajstić information content (AvgIpc) is 3.04. The molecule has 1 atom stereocenters. The molecule has 9 heteroatoms. The minimum Gasteiger partial charge on any atom is -0.495 e. The quantitative estimate of drug-likeness (QED) is 0.650. The second-order valence-electron chi connectivity index (χ2n) is 5.45. The normalized spacial score (nSPS) is 12.3. The molecule has 0 aliphatic heterocycles. The van der Waals surface area contributed by atoms with Crippen molar-refractivity contribution in [3.63, 3.8) is 0 Å². The van der Waals surface area contributed by atoms with E-state index in [1.807, 2.05) is 17.5 Å². The summed E-state index contributed by atoms with van der Waals surface area (Å²) in [6.07, 6.45) is 1.06. The van der Waals surface area contributed by atoms with E-state index in [4.69, 9.17) is 4.74 Å². The Morgan fingerprint density at radius 3 is 2.68 bits per heavy atom. The summed E-state index contributed by atoms with van der Waals surface area (Å²) >= 11 is 1.58. The van der Waals surface area contributed by atoms with Gasteiger partial charge in [0, 0.05) is 10.6 Å². The molecule has 136 valence electrons.